The first kappa shape index (κ1) is 8.53. The number of hydrogen-bond donors (Lipinski definition) is 1. The van der Waals surface area contributed by atoms with Gasteiger partial charge in [0.15, 0.2) is 0 Å². The number of carbonyl (C=O) groups is 1. The maximum absolute atomic E-state index is 10.3. The molecule has 1 rings (SSSR count). The van der Waals surface area contributed by atoms with E-state index < -0.39 is 0 Å². The highest BCUT2D eigenvalue weighted by molar-refractivity contribution is 5.74. The van der Waals surface area contributed by atoms with Crippen LogP contribution in [0.2, 0.25) is 0 Å². The summed E-state index contributed by atoms with van der Waals surface area (Å²) < 4.78 is 0. The minimum atomic E-state index is 0.704. The fourth-order valence-electron chi connectivity index (χ4n) is 0.936. The third-order valence-electron chi connectivity index (χ3n) is 1.61. The number of rotatable bonds is 3. The average Bonchev–Trinajstić information content (AvgIpc) is 2.15. The fraction of sp³-hybridized carbons (Fsp3) is 0.100. The Morgan fingerprint density at radius 2 is 1.92 bits per heavy atom. The van der Waals surface area contributed by atoms with Crippen molar-refractivity contribution >= 4 is 6.29 Å². The summed E-state index contributed by atoms with van der Waals surface area (Å²) >= 11 is 0. The topological polar surface area (TPSA) is 43.1 Å². The van der Waals surface area contributed by atoms with Crippen LogP contribution in [0.15, 0.2) is 36.5 Å². The molecular formula is C10H11NO. The lowest BCUT2D eigenvalue weighted by Crippen LogP contribution is -1.85. The van der Waals surface area contributed by atoms with Crippen molar-refractivity contribution in [2.75, 3.05) is 0 Å². The van der Waals surface area contributed by atoms with Gasteiger partial charge in [0.1, 0.15) is 6.29 Å². The first-order valence-corrected chi connectivity index (χ1v) is 3.77. The predicted octanol–water partition coefficient (Wildman–Crippen LogP) is 1.51. The Bertz CT molecular complexity index is 274. The van der Waals surface area contributed by atoms with E-state index in [1.807, 2.05) is 18.2 Å². The monoisotopic (exact) mass is 161 g/mol. The molecule has 62 valence electrons. The van der Waals surface area contributed by atoms with Gasteiger partial charge in [0.05, 0.1) is 0 Å². The van der Waals surface area contributed by atoms with Crippen LogP contribution in [0.4, 0.5) is 0 Å². The third kappa shape index (κ3) is 2.23. The van der Waals surface area contributed by atoms with E-state index in [0.717, 1.165) is 18.3 Å². The van der Waals surface area contributed by atoms with Crippen molar-refractivity contribution in [3.63, 3.8) is 0 Å². The molecule has 12 heavy (non-hydrogen) atoms. The van der Waals surface area contributed by atoms with E-state index in [0.29, 0.717) is 5.56 Å². The highest BCUT2D eigenvalue weighted by Crippen LogP contribution is 2.03. The molecule has 0 heterocycles. The molecule has 0 aliphatic heterocycles. The van der Waals surface area contributed by atoms with Crippen molar-refractivity contribution in [3.8, 4) is 0 Å². The first-order chi connectivity index (χ1) is 5.86. The minimum absolute atomic E-state index is 0.704. The summed E-state index contributed by atoms with van der Waals surface area (Å²) in [4.78, 5) is 10.3. The van der Waals surface area contributed by atoms with Gasteiger partial charge in [-0.25, -0.2) is 0 Å². The van der Waals surface area contributed by atoms with Gasteiger partial charge in [-0.3, -0.25) is 4.79 Å². The molecule has 2 heteroatoms. The van der Waals surface area contributed by atoms with Crippen molar-refractivity contribution in [2.24, 2.45) is 5.73 Å². The van der Waals surface area contributed by atoms with E-state index in [1.54, 1.807) is 12.1 Å². The van der Waals surface area contributed by atoms with Gasteiger partial charge < -0.3 is 5.73 Å². The predicted molar refractivity (Wildman–Crippen MR) is 48.9 cm³/mol. The maximum Gasteiger partial charge on any atom is 0.150 e. The molecule has 0 aromatic heterocycles. The molecule has 0 aliphatic rings. The van der Waals surface area contributed by atoms with E-state index in [1.165, 1.54) is 6.20 Å². The first-order valence-electron chi connectivity index (χ1n) is 3.77. The zero-order chi connectivity index (χ0) is 8.81. The molecule has 0 amide bonds. The maximum atomic E-state index is 10.3. The number of carbonyl (C=O) groups excluding carboxylic acids is 1. The van der Waals surface area contributed by atoms with Crippen LogP contribution < -0.4 is 5.73 Å². The van der Waals surface area contributed by atoms with Crippen molar-refractivity contribution in [3.05, 3.63) is 47.7 Å². The largest absolute Gasteiger partial charge is 0.405 e. The molecule has 0 aliphatic carbocycles. The Kier molecular flexibility index (Phi) is 3.08. The second-order valence-corrected chi connectivity index (χ2v) is 2.49. The Morgan fingerprint density at radius 3 is 2.42 bits per heavy atom. The van der Waals surface area contributed by atoms with Gasteiger partial charge >= 0.3 is 0 Å². The van der Waals surface area contributed by atoms with E-state index in [-0.39, 0.29) is 0 Å². The van der Waals surface area contributed by atoms with Crippen LogP contribution in [0.25, 0.3) is 0 Å². The summed E-state index contributed by atoms with van der Waals surface area (Å²) in [7, 11) is 0. The van der Waals surface area contributed by atoms with E-state index in [9.17, 15) is 4.79 Å². The molecular weight excluding hydrogens is 150 g/mol. The smallest absolute Gasteiger partial charge is 0.150 e. The highest BCUT2D eigenvalue weighted by atomic mass is 16.1. The molecule has 0 bridgehead atoms. The summed E-state index contributed by atoms with van der Waals surface area (Å²) in [6.45, 7) is 0. The standard InChI is InChI=1S/C10H11NO/c11-7-1-2-9-3-5-10(8-12)6-4-9/h1,3-8H,2,11H2. The zero-order valence-electron chi connectivity index (χ0n) is 6.73. The zero-order valence-corrected chi connectivity index (χ0v) is 6.73. The number of benzene rings is 1. The van der Waals surface area contributed by atoms with Gasteiger partial charge in [-0.2, -0.15) is 0 Å². The molecule has 1 aromatic carbocycles. The minimum Gasteiger partial charge on any atom is -0.405 e. The molecule has 1 aromatic rings. The van der Waals surface area contributed by atoms with Gasteiger partial charge in [-0.1, -0.05) is 30.3 Å². The van der Waals surface area contributed by atoms with Crippen molar-refractivity contribution in [2.45, 2.75) is 6.42 Å². The van der Waals surface area contributed by atoms with Gasteiger partial charge in [0.25, 0.3) is 0 Å². The number of aldehydes is 1. The Hall–Kier alpha value is -1.57. The molecule has 0 radical (unpaired) electrons. The molecule has 0 spiro atoms. The van der Waals surface area contributed by atoms with Crippen molar-refractivity contribution < 1.29 is 4.79 Å². The van der Waals surface area contributed by atoms with Crippen molar-refractivity contribution in [1.29, 1.82) is 0 Å². The molecule has 2 N–H and O–H groups in total. The van der Waals surface area contributed by atoms with Gasteiger partial charge in [0, 0.05) is 5.56 Å². The number of hydrogen-bond acceptors (Lipinski definition) is 2. The summed E-state index contributed by atoms with van der Waals surface area (Å²) in [6, 6.07) is 7.44. The van der Waals surface area contributed by atoms with Gasteiger partial charge in [-0.05, 0) is 18.2 Å². The quantitative estimate of drug-likeness (QED) is 0.683. The third-order valence-corrected chi connectivity index (χ3v) is 1.61. The lowest BCUT2D eigenvalue weighted by atomic mass is 10.1. The lowest BCUT2D eigenvalue weighted by Gasteiger charge is -1.95. The van der Waals surface area contributed by atoms with E-state index in [4.69, 9.17) is 5.73 Å². The fourth-order valence-corrected chi connectivity index (χ4v) is 0.936. The normalized spacial score (nSPS) is 10.3. The summed E-state index contributed by atoms with van der Waals surface area (Å²) in [5, 5.41) is 0. The summed E-state index contributed by atoms with van der Waals surface area (Å²) in [6.07, 6.45) is 5.04. The molecule has 2 nitrogen and oxygen atoms in total. The van der Waals surface area contributed by atoms with Crippen LogP contribution in [0.3, 0.4) is 0 Å². The van der Waals surface area contributed by atoms with E-state index >= 15 is 0 Å². The second kappa shape index (κ2) is 4.34. The Labute approximate surface area is 71.7 Å². The van der Waals surface area contributed by atoms with Crippen molar-refractivity contribution in [1.82, 2.24) is 0 Å². The van der Waals surface area contributed by atoms with Crippen LogP contribution in [-0.4, -0.2) is 6.29 Å². The number of nitrogens with two attached hydrogens (primary N) is 1. The van der Waals surface area contributed by atoms with Crippen LogP contribution in [0, 0.1) is 0 Å². The van der Waals surface area contributed by atoms with Crippen LogP contribution >= 0.6 is 0 Å². The van der Waals surface area contributed by atoms with Crippen LogP contribution in [-0.2, 0) is 6.42 Å². The summed E-state index contributed by atoms with van der Waals surface area (Å²) in [5.74, 6) is 0. The highest BCUT2D eigenvalue weighted by Gasteiger charge is 1.90. The molecule has 0 unspecified atom stereocenters. The average molecular weight is 161 g/mol. The SMILES string of the molecule is NC=CCc1ccc(C=O)cc1. The van der Waals surface area contributed by atoms with E-state index in [2.05, 4.69) is 0 Å². The van der Waals surface area contributed by atoms with Crippen LogP contribution in [0.5, 0.6) is 0 Å². The van der Waals surface area contributed by atoms with Gasteiger partial charge in [0.2, 0.25) is 0 Å². The molecule has 0 fully saturated rings. The molecule has 0 atom stereocenters. The Morgan fingerprint density at radius 1 is 1.25 bits per heavy atom. The van der Waals surface area contributed by atoms with Gasteiger partial charge in [-0.15, -0.1) is 0 Å². The molecule has 0 saturated carbocycles. The number of allylic oxidation sites excluding steroid dienone is 1. The summed E-state index contributed by atoms with van der Waals surface area (Å²) in [5.41, 5.74) is 7.05. The Balaban J connectivity index is 2.70. The second-order valence-electron chi connectivity index (χ2n) is 2.49. The lowest BCUT2D eigenvalue weighted by molar-refractivity contribution is 0.112. The van der Waals surface area contributed by atoms with Crippen LogP contribution in [0.1, 0.15) is 15.9 Å². The molecule has 0 saturated heterocycles.